The molecule has 0 aliphatic heterocycles. The number of rotatable bonds is 6. The maximum absolute atomic E-state index is 13.6. The van der Waals surface area contributed by atoms with Gasteiger partial charge in [-0.1, -0.05) is 11.3 Å². The van der Waals surface area contributed by atoms with E-state index in [-0.39, 0.29) is 17.7 Å². The van der Waals surface area contributed by atoms with E-state index in [1.807, 2.05) is 6.92 Å². The number of hydrogen-bond acceptors (Lipinski definition) is 6. The molecule has 2 aromatic rings. The van der Waals surface area contributed by atoms with Gasteiger partial charge >= 0.3 is 6.18 Å². The highest BCUT2D eigenvalue weighted by atomic mass is 32.2. The van der Waals surface area contributed by atoms with Crippen LogP contribution in [0.1, 0.15) is 63.4 Å². The van der Waals surface area contributed by atoms with Crippen molar-refractivity contribution in [2.45, 2.75) is 71.3 Å². The molecule has 10 heteroatoms. The van der Waals surface area contributed by atoms with Gasteiger partial charge in [0.05, 0.1) is 17.0 Å². The molecule has 2 heterocycles. The molecule has 0 bridgehead atoms. The summed E-state index contributed by atoms with van der Waals surface area (Å²) < 4.78 is 42.4. The van der Waals surface area contributed by atoms with Gasteiger partial charge in [0.15, 0.2) is 0 Å². The van der Waals surface area contributed by atoms with Crippen LogP contribution in [-0.4, -0.2) is 42.3 Å². The molecular formula is C20H26F3N3O2S2. The van der Waals surface area contributed by atoms with Crippen LogP contribution in [0.15, 0.2) is 16.6 Å². The summed E-state index contributed by atoms with van der Waals surface area (Å²) in [6.07, 6.45) is -2.31. The molecule has 0 amide bonds. The highest BCUT2D eigenvalue weighted by molar-refractivity contribution is 8.03. The second kappa shape index (κ2) is 7.96. The second-order valence-corrected chi connectivity index (χ2v) is 10.7. The SMILES string of the molecule is Cc1nc2sc(C(C)(C)O)nn2c1C1=CC(SCCC(C)(C)O)=C(C(F)(F)F)CC1. The van der Waals surface area contributed by atoms with Crippen molar-refractivity contribution in [3.8, 4) is 0 Å². The Balaban J connectivity index is 2.02. The molecule has 3 rings (SSSR count). The number of thioether (sulfide) groups is 1. The maximum atomic E-state index is 13.6. The lowest BCUT2D eigenvalue weighted by Gasteiger charge is -2.23. The minimum Gasteiger partial charge on any atom is -0.390 e. The van der Waals surface area contributed by atoms with E-state index in [1.165, 1.54) is 11.3 Å². The standard InChI is InChI=1S/C20H26F3N3O2S2/c1-11-15(26-17(24-11)30-16(25-26)19(4,5)28)12-6-7-13(20(21,22)23)14(10-12)29-9-8-18(2,3)27/h10,27-28H,6-9H2,1-5H3. The molecule has 0 radical (unpaired) electrons. The molecule has 0 atom stereocenters. The third-order valence-electron chi connectivity index (χ3n) is 4.77. The molecule has 5 nitrogen and oxygen atoms in total. The van der Waals surface area contributed by atoms with E-state index in [9.17, 15) is 23.4 Å². The lowest BCUT2D eigenvalue weighted by atomic mass is 9.95. The van der Waals surface area contributed by atoms with Gasteiger partial charge in [-0.25, -0.2) is 9.50 Å². The Morgan fingerprint density at radius 3 is 2.40 bits per heavy atom. The molecule has 1 aliphatic carbocycles. The topological polar surface area (TPSA) is 70.7 Å². The van der Waals surface area contributed by atoms with E-state index < -0.39 is 23.0 Å². The van der Waals surface area contributed by atoms with Crippen LogP contribution in [0.5, 0.6) is 0 Å². The third kappa shape index (κ3) is 5.09. The number of aliphatic hydroxyl groups is 2. The van der Waals surface area contributed by atoms with Gasteiger partial charge < -0.3 is 10.2 Å². The molecule has 30 heavy (non-hydrogen) atoms. The monoisotopic (exact) mass is 461 g/mol. The minimum absolute atomic E-state index is 0.116. The molecule has 0 aromatic carbocycles. The fraction of sp³-hybridized carbons (Fsp3) is 0.600. The lowest BCUT2D eigenvalue weighted by molar-refractivity contribution is -0.0941. The summed E-state index contributed by atoms with van der Waals surface area (Å²) in [6.45, 7) is 8.36. The first-order valence-electron chi connectivity index (χ1n) is 9.62. The van der Waals surface area contributed by atoms with Crippen LogP contribution in [0, 0.1) is 6.92 Å². The van der Waals surface area contributed by atoms with Crippen LogP contribution in [0.25, 0.3) is 10.5 Å². The quantitative estimate of drug-likeness (QED) is 0.618. The fourth-order valence-corrected chi connectivity index (χ4v) is 5.56. The number of fused-ring (bicyclic) bond motifs is 1. The van der Waals surface area contributed by atoms with E-state index in [4.69, 9.17) is 0 Å². The number of nitrogens with zero attached hydrogens (tertiary/aromatic N) is 3. The molecule has 0 fully saturated rings. The van der Waals surface area contributed by atoms with Crippen LogP contribution in [-0.2, 0) is 5.60 Å². The summed E-state index contributed by atoms with van der Waals surface area (Å²) >= 11 is 2.38. The van der Waals surface area contributed by atoms with Crippen molar-refractivity contribution in [2.75, 3.05) is 5.75 Å². The van der Waals surface area contributed by atoms with Crippen molar-refractivity contribution in [1.82, 2.24) is 14.6 Å². The average Bonchev–Trinajstić information content (AvgIpc) is 3.09. The molecule has 1 aliphatic rings. The fourth-order valence-electron chi connectivity index (χ4n) is 3.17. The number of allylic oxidation sites excluding steroid dienone is 3. The van der Waals surface area contributed by atoms with Gasteiger partial charge in [0, 0.05) is 16.2 Å². The van der Waals surface area contributed by atoms with Crippen molar-refractivity contribution in [2.24, 2.45) is 0 Å². The van der Waals surface area contributed by atoms with Crippen LogP contribution in [0.4, 0.5) is 13.2 Å². The first-order valence-corrected chi connectivity index (χ1v) is 11.4. The van der Waals surface area contributed by atoms with Gasteiger partial charge in [0.2, 0.25) is 4.96 Å². The molecule has 2 aromatic heterocycles. The predicted molar refractivity (Wildman–Crippen MR) is 115 cm³/mol. The van der Waals surface area contributed by atoms with Gasteiger partial charge in [-0.15, -0.1) is 11.8 Å². The van der Waals surface area contributed by atoms with Gasteiger partial charge in [-0.3, -0.25) is 0 Å². The lowest BCUT2D eigenvalue weighted by Crippen LogP contribution is -2.20. The van der Waals surface area contributed by atoms with E-state index in [0.717, 1.165) is 17.3 Å². The molecule has 0 saturated carbocycles. The molecule has 0 unspecified atom stereocenters. The smallest absolute Gasteiger partial charge is 0.390 e. The van der Waals surface area contributed by atoms with E-state index in [2.05, 4.69) is 10.1 Å². The number of halogens is 3. The molecule has 0 spiro atoms. The highest BCUT2D eigenvalue weighted by Gasteiger charge is 2.38. The summed E-state index contributed by atoms with van der Waals surface area (Å²) in [6, 6.07) is 0. The summed E-state index contributed by atoms with van der Waals surface area (Å²) in [4.78, 5) is 5.28. The molecule has 166 valence electrons. The number of imidazole rings is 1. The Kier molecular flexibility index (Phi) is 6.18. The molecule has 0 saturated heterocycles. The Bertz CT molecular complexity index is 1010. The van der Waals surface area contributed by atoms with E-state index >= 15 is 0 Å². The third-order valence-corrected chi connectivity index (χ3v) is 7.07. The number of aromatic nitrogens is 3. The van der Waals surface area contributed by atoms with Crippen LogP contribution in [0.2, 0.25) is 0 Å². The Morgan fingerprint density at radius 1 is 1.17 bits per heavy atom. The van der Waals surface area contributed by atoms with E-state index in [0.29, 0.717) is 33.5 Å². The van der Waals surface area contributed by atoms with Gasteiger partial charge in [-0.05, 0) is 65.5 Å². The van der Waals surface area contributed by atoms with Crippen molar-refractivity contribution in [1.29, 1.82) is 0 Å². The average molecular weight is 462 g/mol. The summed E-state index contributed by atoms with van der Waals surface area (Å²) in [5, 5.41) is 25.1. The number of alkyl halides is 3. The largest absolute Gasteiger partial charge is 0.413 e. The Hall–Kier alpha value is -1.36. The zero-order valence-electron chi connectivity index (χ0n) is 17.6. The van der Waals surface area contributed by atoms with Crippen molar-refractivity contribution >= 4 is 33.6 Å². The maximum Gasteiger partial charge on any atom is 0.413 e. The second-order valence-electron chi connectivity index (χ2n) is 8.63. The normalized spacial score (nSPS) is 16.5. The van der Waals surface area contributed by atoms with Crippen molar-refractivity contribution in [3.63, 3.8) is 0 Å². The van der Waals surface area contributed by atoms with Crippen LogP contribution >= 0.6 is 23.1 Å². The zero-order valence-corrected chi connectivity index (χ0v) is 19.2. The summed E-state index contributed by atoms with van der Waals surface area (Å²) in [5.41, 5.74) is -0.474. The minimum atomic E-state index is -4.39. The summed E-state index contributed by atoms with van der Waals surface area (Å²) in [7, 11) is 0. The van der Waals surface area contributed by atoms with Gasteiger partial charge in [0.1, 0.15) is 10.6 Å². The van der Waals surface area contributed by atoms with Crippen LogP contribution < -0.4 is 0 Å². The van der Waals surface area contributed by atoms with Gasteiger partial charge in [-0.2, -0.15) is 18.3 Å². The highest BCUT2D eigenvalue weighted by Crippen LogP contribution is 2.44. The number of hydrogen-bond donors (Lipinski definition) is 2. The molecule has 2 N–H and O–H groups in total. The first-order chi connectivity index (χ1) is 13.7. The van der Waals surface area contributed by atoms with Crippen molar-refractivity contribution in [3.05, 3.63) is 32.9 Å². The first kappa shape index (κ1) is 23.3. The van der Waals surface area contributed by atoms with Crippen LogP contribution in [0.3, 0.4) is 0 Å². The Morgan fingerprint density at radius 2 is 1.83 bits per heavy atom. The van der Waals surface area contributed by atoms with Gasteiger partial charge in [0.25, 0.3) is 0 Å². The zero-order chi connectivity index (χ0) is 22.5. The Labute approximate surface area is 181 Å². The molecular weight excluding hydrogens is 435 g/mol. The van der Waals surface area contributed by atoms with E-state index in [1.54, 1.807) is 38.3 Å². The summed E-state index contributed by atoms with van der Waals surface area (Å²) in [5.74, 6) is 0.378. The van der Waals surface area contributed by atoms with Crippen molar-refractivity contribution < 1.29 is 23.4 Å². The number of aryl methyl sites for hydroxylation is 1. The predicted octanol–water partition coefficient (Wildman–Crippen LogP) is 5.21.